The fourth-order valence-electron chi connectivity index (χ4n) is 3.22. The summed E-state index contributed by atoms with van der Waals surface area (Å²) in [5, 5.41) is 1.12. The number of hydrogen-bond donors (Lipinski definition) is 0. The van der Waals surface area contributed by atoms with Crippen LogP contribution in [0.3, 0.4) is 0 Å². The number of aryl methyl sites for hydroxylation is 1. The Morgan fingerprint density at radius 3 is 2.58 bits per heavy atom. The molecule has 1 atom stereocenters. The first-order valence-electron chi connectivity index (χ1n) is 8.07. The molecule has 1 fully saturated rings. The quantitative estimate of drug-likeness (QED) is 0.533. The van der Waals surface area contributed by atoms with Gasteiger partial charge < -0.3 is 14.0 Å². The van der Waals surface area contributed by atoms with E-state index in [9.17, 15) is 4.79 Å². The van der Waals surface area contributed by atoms with Gasteiger partial charge in [-0.1, -0.05) is 18.2 Å². The molecule has 0 N–H and O–H groups in total. The maximum Gasteiger partial charge on any atom is 0.209 e. The number of para-hydroxylation sites is 1. The zero-order chi connectivity index (χ0) is 16.7. The maximum absolute atomic E-state index is 13.2. The summed E-state index contributed by atoms with van der Waals surface area (Å²) in [6.45, 7) is 3.50. The van der Waals surface area contributed by atoms with E-state index in [1.165, 1.54) is 0 Å². The molecule has 0 spiro atoms. The van der Waals surface area contributed by atoms with Gasteiger partial charge in [-0.2, -0.15) is 0 Å². The summed E-state index contributed by atoms with van der Waals surface area (Å²) >= 11 is 0. The van der Waals surface area contributed by atoms with Gasteiger partial charge in [0.05, 0.1) is 32.1 Å². The number of carbonyl (C=O) groups is 1. The van der Waals surface area contributed by atoms with Crippen LogP contribution in [0, 0.1) is 6.92 Å². The lowest BCUT2D eigenvalue weighted by Gasteiger charge is -2.10. The molecular formula is C20H19NO3. The van der Waals surface area contributed by atoms with Gasteiger partial charge >= 0.3 is 0 Å². The minimum atomic E-state index is 0.0343. The summed E-state index contributed by atoms with van der Waals surface area (Å²) in [6, 6.07) is 15.4. The summed E-state index contributed by atoms with van der Waals surface area (Å²) < 4.78 is 12.7. The number of benzene rings is 2. The van der Waals surface area contributed by atoms with Crippen molar-refractivity contribution in [3.63, 3.8) is 0 Å². The van der Waals surface area contributed by atoms with E-state index in [2.05, 4.69) is 16.7 Å². The van der Waals surface area contributed by atoms with Crippen LogP contribution < -0.4 is 4.74 Å². The number of epoxide rings is 1. The molecule has 0 aliphatic carbocycles. The van der Waals surface area contributed by atoms with E-state index in [0.717, 1.165) is 34.5 Å². The molecule has 3 aromatic rings. The van der Waals surface area contributed by atoms with Crippen molar-refractivity contribution in [2.24, 2.45) is 0 Å². The van der Waals surface area contributed by atoms with E-state index < -0.39 is 0 Å². The predicted octanol–water partition coefficient (Wildman–Crippen LogP) is 3.59. The van der Waals surface area contributed by atoms with Gasteiger partial charge in [0.1, 0.15) is 5.75 Å². The standard InChI is InChI=1S/C20H19NO3/c1-13-17-5-3-4-6-18(17)21(11-16-12-24-16)19(13)20(22)14-7-9-15(23-2)10-8-14/h3-10,16H,11-12H2,1-2H3/t16-/m1/s1. The Kier molecular flexibility index (Phi) is 3.62. The lowest BCUT2D eigenvalue weighted by atomic mass is 10.0. The van der Waals surface area contributed by atoms with Gasteiger partial charge in [0.2, 0.25) is 5.78 Å². The van der Waals surface area contributed by atoms with Crippen LogP contribution in [0.25, 0.3) is 10.9 Å². The van der Waals surface area contributed by atoms with Crippen LogP contribution in [0.2, 0.25) is 0 Å². The third kappa shape index (κ3) is 2.49. The molecule has 1 aromatic heterocycles. The molecule has 0 radical (unpaired) electrons. The number of carbonyl (C=O) groups excluding carboxylic acids is 1. The predicted molar refractivity (Wildman–Crippen MR) is 92.8 cm³/mol. The van der Waals surface area contributed by atoms with Crippen molar-refractivity contribution in [1.29, 1.82) is 0 Å². The second-order valence-corrected chi connectivity index (χ2v) is 6.11. The molecular weight excluding hydrogens is 302 g/mol. The Balaban J connectivity index is 1.84. The average molecular weight is 321 g/mol. The number of aromatic nitrogens is 1. The van der Waals surface area contributed by atoms with Crippen LogP contribution in [0.1, 0.15) is 21.6 Å². The summed E-state index contributed by atoms with van der Waals surface area (Å²) in [4.78, 5) is 13.2. The molecule has 0 saturated carbocycles. The van der Waals surface area contributed by atoms with Crippen LogP contribution in [0.5, 0.6) is 5.75 Å². The molecule has 2 aromatic carbocycles. The second-order valence-electron chi connectivity index (χ2n) is 6.11. The molecule has 0 bridgehead atoms. The molecule has 4 nitrogen and oxygen atoms in total. The Hall–Kier alpha value is -2.59. The Morgan fingerprint density at radius 2 is 1.92 bits per heavy atom. The highest BCUT2D eigenvalue weighted by Gasteiger charge is 2.28. The third-order valence-electron chi connectivity index (χ3n) is 4.58. The molecule has 24 heavy (non-hydrogen) atoms. The molecule has 1 saturated heterocycles. The number of ketones is 1. The van der Waals surface area contributed by atoms with Gasteiger partial charge in [0.25, 0.3) is 0 Å². The van der Waals surface area contributed by atoms with Gasteiger partial charge in [-0.3, -0.25) is 4.79 Å². The first kappa shape index (κ1) is 15.0. The second kappa shape index (κ2) is 5.80. The number of rotatable bonds is 5. The van der Waals surface area contributed by atoms with Crippen molar-refractivity contribution >= 4 is 16.7 Å². The largest absolute Gasteiger partial charge is 0.497 e. The number of ether oxygens (including phenoxy) is 2. The molecule has 4 heteroatoms. The van der Waals surface area contributed by atoms with Crippen molar-refractivity contribution in [3.8, 4) is 5.75 Å². The van der Waals surface area contributed by atoms with Crippen molar-refractivity contribution in [2.45, 2.75) is 19.6 Å². The number of fused-ring (bicyclic) bond motifs is 1. The Morgan fingerprint density at radius 1 is 1.21 bits per heavy atom. The van der Waals surface area contributed by atoms with Crippen LogP contribution >= 0.6 is 0 Å². The Bertz CT molecular complexity index is 905. The molecule has 0 amide bonds. The first-order chi connectivity index (χ1) is 11.7. The topological polar surface area (TPSA) is 43.8 Å². The first-order valence-corrected chi connectivity index (χ1v) is 8.07. The summed E-state index contributed by atoms with van der Waals surface area (Å²) in [5.41, 5.74) is 3.52. The third-order valence-corrected chi connectivity index (χ3v) is 4.58. The zero-order valence-corrected chi connectivity index (χ0v) is 13.8. The lowest BCUT2D eigenvalue weighted by molar-refractivity contribution is 0.102. The van der Waals surface area contributed by atoms with E-state index in [-0.39, 0.29) is 11.9 Å². The molecule has 0 unspecified atom stereocenters. The van der Waals surface area contributed by atoms with E-state index in [1.54, 1.807) is 7.11 Å². The fraction of sp³-hybridized carbons (Fsp3) is 0.250. The Labute approximate surface area is 140 Å². The van der Waals surface area contributed by atoms with E-state index in [0.29, 0.717) is 12.1 Å². The van der Waals surface area contributed by atoms with Gasteiger partial charge in [-0.05, 0) is 42.8 Å². The highest BCUT2D eigenvalue weighted by atomic mass is 16.6. The highest BCUT2D eigenvalue weighted by molar-refractivity contribution is 6.12. The van der Waals surface area contributed by atoms with Gasteiger partial charge in [-0.15, -0.1) is 0 Å². The molecule has 122 valence electrons. The van der Waals surface area contributed by atoms with Gasteiger partial charge in [0.15, 0.2) is 0 Å². The number of methoxy groups -OCH3 is 1. The molecule has 1 aliphatic heterocycles. The lowest BCUT2D eigenvalue weighted by Crippen LogP contribution is -2.14. The molecule has 1 aliphatic rings. The van der Waals surface area contributed by atoms with Gasteiger partial charge in [0, 0.05) is 16.5 Å². The van der Waals surface area contributed by atoms with Crippen molar-refractivity contribution in [1.82, 2.24) is 4.57 Å². The maximum atomic E-state index is 13.2. The van der Waals surface area contributed by atoms with Crippen molar-refractivity contribution in [3.05, 3.63) is 65.4 Å². The van der Waals surface area contributed by atoms with Gasteiger partial charge in [-0.25, -0.2) is 0 Å². The normalized spacial score (nSPS) is 16.3. The fourth-order valence-corrected chi connectivity index (χ4v) is 3.22. The van der Waals surface area contributed by atoms with E-state index in [1.807, 2.05) is 43.3 Å². The monoisotopic (exact) mass is 321 g/mol. The smallest absolute Gasteiger partial charge is 0.209 e. The van der Waals surface area contributed by atoms with E-state index >= 15 is 0 Å². The van der Waals surface area contributed by atoms with Crippen molar-refractivity contribution in [2.75, 3.05) is 13.7 Å². The van der Waals surface area contributed by atoms with Crippen LogP contribution in [-0.4, -0.2) is 30.2 Å². The zero-order valence-electron chi connectivity index (χ0n) is 13.8. The van der Waals surface area contributed by atoms with E-state index in [4.69, 9.17) is 9.47 Å². The van der Waals surface area contributed by atoms with Crippen LogP contribution in [0.4, 0.5) is 0 Å². The highest BCUT2D eigenvalue weighted by Crippen LogP contribution is 2.29. The summed E-state index contributed by atoms with van der Waals surface area (Å²) in [7, 11) is 1.62. The average Bonchev–Trinajstić information content (AvgIpc) is 3.40. The molecule has 4 rings (SSSR count). The van der Waals surface area contributed by atoms with Crippen LogP contribution in [-0.2, 0) is 11.3 Å². The SMILES string of the molecule is COc1ccc(C(=O)c2c(C)c3ccccc3n2C[C@@H]2CO2)cc1. The number of hydrogen-bond acceptors (Lipinski definition) is 3. The van der Waals surface area contributed by atoms with Crippen LogP contribution in [0.15, 0.2) is 48.5 Å². The van der Waals surface area contributed by atoms with Crippen molar-refractivity contribution < 1.29 is 14.3 Å². The number of nitrogens with zero attached hydrogens (tertiary/aromatic N) is 1. The minimum absolute atomic E-state index is 0.0343. The molecule has 2 heterocycles. The minimum Gasteiger partial charge on any atom is -0.497 e. The summed E-state index contributed by atoms with van der Waals surface area (Å²) in [6.07, 6.45) is 0.211. The summed E-state index contributed by atoms with van der Waals surface area (Å²) in [5.74, 6) is 0.780.